The Bertz CT molecular complexity index is 486. The van der Waals surface area contributed by atoms with Gasteiger partial charge < -0.3 is 4.74 Å². The average Bonchev–Trinajstić information content (AvgIpc) is 2.58. The number of imide groups is 1. The molecule has 0 bridgehead atoms. The van der Waals surface area contributed by atoms with E-state index in [2.05, 4.69) is 5.32 Å². The minimum absolute atomic E-state index is 0.108. The van der Waals surface area contributed by atoms with E-state index in [0.29, 0.717) is 11.1 Å². The molecule has 1 aromatic rings. The minimum Gasteiger partial charge on any atom is -0.491 e. The van der Waals surface area contributed by atoms with E-state index >= 15 is 0 Å². The van der Waals surface area contributed by atoms with Crippen LogP contribution in [0.25, 0.3) is 5.57 Å². The van der Waals surface area contributed by atoms with Crippen LogP contribution >= 0.6 is 0 Å². The number of amides is 2. The third-order valence-electron chi connectivity index (χ3n) is 2.29. The van der Waals surface area contributed by atoms with Gasteiger partial charge in [-0.05, 0) is 31.5 Å². The maximum absolute atomic E-state index is 11.4. The number of carbonyl (C=O) groups excluding carboxylic acids is 2. The van der Waals surface area contributed by atoms with Gasteiger partial charge in [0.1, 0.15) is 5.75 Å². The zero-order valence-corrected chi connectivity index (χ0v) is 9.69. The third-order valence-corrected chi connectivity index (χ3v) is 2.29. The van der Waals surface area contributed by atoms with Crippen molar-refractivity contribution in [2.45, 2.75) is 20.0 Å². The van der Waals surface area contributed by atoms with Crippen LogP contribution in [0.3, 0.4) is 0 Å². The smallest absolute Gasteiger partial charge is 0.258 e. The van der Waals surface area contributed by atoms with Crippen LogP contribution in [0.1, 0.15) is 19.4 Å². The maximum atomic E-state index is 11.4. The van der Waals surface area contributed by atoms with Crippen LogP contribution in [0.2, 0.25) is 0 Å². The lowest BCUT2D eigenvalue weighted by Gasteiger charge is -2.09. The average molecular weight is 231 g/mol. The molecule has 0 aliphatic carbocycles. The number of benzene rings is 1. The normalized spacial score (nSPS) is 14.9. The zero-order valence-electron chi connectivity index (χ0n) is 9.69. The van der Waals surface area contributed by atoms with Crippen LogP contribution in [0.5, 0.6) is 5.75 Å². The highest BCUT2D eigenvalue weighted by atomic mass is 16.5. The molecule has 0 saturated carbocycles. The lowest BCUT2D eigenvalue weighted by Crippen LogP contribution is -2.21. The van der Waals surface area contributed by atoms with E-state index in [0.717, 1.165) is 5.75 Å². The van der Waals surface area contributed by atoms with E-state index < -0.39 is 0 Å². The second kappa shape index (κ2) is 4.41. The van der Waals surface area contributed by atoms with Crippen molar-refractivity contribution in [2.24, 2.45) is 0 Å². The van der Waals surface area contributed by atoms with Crippen molar-refractivity contribution in [2.75, 3.05) is 0 Å². The van der Waals surface area contributed by atoms with E-state index in [4.69, 9.17) is 4.74 Å². The summed E-state index contributed by atoms with van der Waals surface area (Å²) in [7, 11) is 0. The first-order chi connectivity index (χ1) is 8.06. The number of nitrogens with one attached hydrogen (secondary N) is 1. The highest BCUT2D eigenvalue weighted by molar-refractivity contribution is 6.33. The number of carbonyl (C=O) groups is 2. The molecular weight excluding hydrogens is 218 g/mol. The van der Waals surface area contributed by atoms with Crippen molar-refractivity contribution in [3.63, 3.8) is 0 Å². The summed E-state index contributed by atoms with van der Waals surface area (Å²) < 4.78 is 5.49. The van der Waals surface area contributed by atoms with Crippen LogP contribution in [-0.4, -0.2) is 17.9 Å². The van der Waals surface area contributed by atoms with Crippen LogP contribution in [-0.2, 0) is 9.59 Å². The molecule has 0 fully saturated rings. The summed E-state index contributed by atoms with van der Waals surface area (Å²) in [4.78, 5) is 22.4. The van der Waals surface area contributed by atoms with Gasteiger partial charge in [0.15, 0.2) is 0 Å². The lowest BCUT2D eigenvalue weighted by atomic mass is 10.1. The van der Waals surface area contributed by atoms with E-state index in [1.807, 2.05) is 13.8 Å². The predicted octanol–water partition coefficient (Wildman–Crippen LogP) is 1.51. The number of ether oxygens (including phenoxy) is 1. The van der Waals surface area contributed by atoms with Gasteiger partial charge in [-0.2, -0.15) is 0 Å². The molecule has 1 aliphatic heterocycles. The Kier molecular flexibility index (Phi) is 2.95. The van der Waals surface area contributed by atoms with Gasteiger partial charge in [-0.1, -0.05) is 12.1 Å². The standard InChI is InChI=1S/C13H13NO3/c1-8(2)17-10-5-3-9(4-6-10)11-7-12(15)14-13(11)16/h3-8H,1-2H3,(H,14,15,16). The van der Waals surface area contributed by atoms with Gasteiger partial charge >= 0.3 is 0 Å². The quantitative estimate of drug-likeness (QED) is 0.802. The molecule has 0 saturated heterocycles. The Morgan fingerprint density at radius 3 is 2.24 bits per heavy atom. The summed E-state index contributed by atoms with van der Waals surface area (Å²) in [6, 6.07) is 7.10. The number of hydrogen-bond acceptors (Lipinski definition) is 3. The SMILES string of the molecule is CC(C)Oc1ccc(C2=CC(=O)NC2=O)cc1. The van der Waals surface area contributed by atoms with Crippen LogP contribution in [0.4, 0.5) is 0 Å². The predicted molar refractivity (Wildman–Crippen MR) is 63.3 cm³/mol. The zero-order chi connectivity index (χ0) is 12.4. The van der Waals surface area contributed by atoms with Crippen molar-refractivity contribution in [1.29, 1.82) is 0 Å². The van der Waals surface area contributed by atoms with Gasteiger partial charge in [0.05, 0.1) is 11.7 Å². The topological polar surface area (TPSA) is 55.4 Å². The second-order valence-corrected chi connectivity index (χ2v) is 4.07. The van der Waals surface area contributed by atoms with E-state index in [1.54, 1.807) is 24.3 Å². The van der Waals surface area contributed by atoms with Crippen molar-refractivity contribution in [3.05, 3.63) is 35.9 Å². The molecular formula is C13H13NO3. The molecule has 1 heterocycles. The largest absolute Gasteiger partial charge is 0.491 e. The fraction of sp³-hybridized carbons (Fsp3) is 0.231. The van der Waals surface area contributed by atoms with Crippen molar-refractivity contribution in [1.82, 2.24) is 5.32 Å². The Morgan fingerprint density at radius 2 is 1.76 bits per heavy atom. The van der Waals surface area contributed by atoms with Crippen LogP contribution in [0.15, 0.2) is 30.3 Å². The van der Waals surface area contributed by atoms with Crippen LogP contribution < -0.4 is 10.1 Å². The first-order valence-electron chi connectivity index (χ1n) is 5.40. The highest BCUT2D eigenvalue weighted by Gasteiger charge is 2.21. The molecule has 17 heavy (non-hydrogen) atoms. The highest BCUT2D eigenvalue weighted by Crippen LogP contribution is 2.21. The van der Waals surface area contributed by atoms with Crippen molar-refractivity contribution in [3.8, 4) is 5.75 Å². The van der Waals surface area contributed by atoms with Crippen molar-refractivity contribution >= 4 is 17.4 Å². The summed E-state index contributed by atoms with van der Waals surface area (Å²) in [5, 5.41) is 2.21. The van der Waals surface area contributed by atoms with Crippen molar-refractivity contribution < 1.29 is 14.3 Å². The Hall–Kier alpha value is -2.10. The molecule has 4 nitrogen and oxygen atoms in total. The summed E-state index contributed by atoms with van der Waals surface area (Å²) in [6.45, 7) is 3.89. The number of rotatable bonds is 3. The lowest BCUT2D eigenvalue weighted by molar-refractivity contribution is -0.123. The molecule has 0 atom stereocenters. The first-order valence-corrected chi connectivity index (χ1v) is 5.40. The summed E-state index contributed by atoms with van der Waals surface area (Å²) in [5.74, 6) is 0.0223. The first kappa shape index (κ1) is 11.4. The van der Waals surface area contributed by atoms with Gasteiger partial charge in [-0.15, -0.1) is 0 Å². The molecule has 2 rings (SSSR count). The fourth-order valence-electron chi connectivity index (χ4n) is 1.61. The maximum Gasteiger partial charge on any atom is 0.258 e. The van der Waals surface area contributed by atoms with Crippen LogP contribution in [0, 0.1) is 0 Å². The molecule has 0 spiro atoms. The van der Waals surface area contributed by atoms with E-state index in [1.165, 1.54) is 6.08 Å². The third kappa shape index (κ3) is 2.53. The fourth-order valence-corrected chi connectivity index (χ4v) is 1.61. The Morgan fingerprint density at radius 1 is 1.12 bits per heavy atom. The molecule has 0 radical (unpaired) electrons. The minimum atomic E-state index is -0.368. The molecule has 1 aromatic carbocycles. The number of hydrogen-bond donors (Lipinski definition) is 1. The van der Waals surface area contributed by atoms with E-state index in [9.17, 15) is 9.59 Å². The second-order valence-electron chi connectivity index (χ2n) is 4.07. The molecule has 1 aliphatic rings. The molecule has 4 heteroatoms. The molecule has 88 valence electrons. The van der Waals surface area contributed by atoms with Gasteiger partial charge in [-0.25, -0.2) is 0 Å². The molecule has 0 aromatic heterocycles. The van der Waals surface area contributed by atoms with Gasteiger partial charge in [0.25, 0.3) is 11.8 Å². The summed E-state index contributed by atoms with van der Waals surface area (Å²) in [6.07, 6.45) is 1.41. The van der Waals surface area contributed by atoms with Gasteiger partial charge in [0.2, 0.25) is 0 Å². The molecule has 0 unspecified atom stereocenters. The van der Waals surface area contributed by atoms with Gasteiger partial charge in [0, 0.05) is 6.08 Å². The monoisotopic (exact) mass is 231 g/mol. The summed E-state index contributed by atoms with van der Waals surface area (Å²) in [5.41, 5.74) is 1.11. The van der Waals surface area contributed by atoms with E-state index in [-0.39, 0.29) is 17.9 Å². The molecule has 1 N–H and O–H groups in total. The molecule has 2 amide bonds. The summed E-state index contributed by atoms with van der Waals surface area (Å²) >= 11 is 0. The van der Waals surface area contributed by atoms with Gasteiger partial charge in [-0.3, -0.25) is 14.9 Å². The Balaban J connectivity index is 2.21. The Labute approximate surface area is 99.3 Å².